The minimum atomic E-state index is -3.91. The molecule has 0 radical (unpaired) electrons. The summed E-state index contributed by atoms with van der Waals surface area (Å²) in [7, 11) is -3.91. The Hall–Kier alpha value is -2.26. The predicted molar refractivity (Wildman–Crippen MR) is 117 cm³/mol. The second kappa shape index (κ2) is 8.40. The molecule has 8 heteroatoms. The third-order valence-corrected chi connectivity index (χ3v) is 6.51. The predicted octanol–water partition coefficient (Wildman–Crippen LogP) is 4.04. The Labute approximate surface area is 174 Å². The first-order chi connectivity index (χ1) is 13.3. The van der Waals surface area contributed by atoms with E-state index in [0.29, 0.717) is 4.91 Å². The summed E-state index contributed by atoms with van der Waals surface area (Å²) in [4.78, 5) is 15.4. The number of carbonyl (C=O) groups is 1. The van der Waals surface area contributed by atoms with Crippen molar-refractivity contribution >= 4 is 50.3 Å². The van der Waals surface area contributed by atoms with Crippen molar-refractivity contribution in [1.29, 1.82) is 0 Å². The molecule has 1 fully saturated rings. The van der Waals surface area contributed by atoms with Gasteiger partial charge in [0, 0.05) is 0 Å². The molecule has 144 valence electrons. The van der Waals surface area contributed by atoms with Crippen LogP contribution in [0, 0.1) is 6.92 Å². The molecule has 1 amide bonds. The number of thioether (sulfide) groups is 1. The number of nitrogens with one attached hydrogen (secondary N) is 1. The Kier molecular flexibility index (Phi) is 6.14. The van der Waals surface area contributed by atoms with E-state index < -0.39 is 15.9 Å². The molecule has 0 atom stereocenters. The molecule has 1 N–H and O–H groups in total. The van der Waals surface area contributed by atoms with Crippen LogP contribution in [0.25, 0.3) is 6.08 Å². The van der Waals surface area contributed by atoms with Gasteiger partial charge >= 0.3 is 0 Å². The fraction of sp³-hybridized carbons (Fsp3) is 0.100. The van der Waals surface area contributed by atoms with Gasteiger partial charge in [-0.3, -0.25) is 4.79 Å². The minimum absolute atomic E-state index is 0.0660. The van der Waals surface area contributed by atoms with Gasteiger partial charge in [-0.05, 0) is 43.2 Å². The summed E-state index contributed by atoms with van der Waals surface area (Å²) < 4.78 is 25.3. The number of carbonyl (C=O) groups excluding carboxylic acids is 1. The van der Waals surface area contributed by atoms with Crippen LogP contribution in [0.4, 0.5) is 0 Å². The number of amides is 1. The molecule has 1 heterocycles. The van der Waals surface area contributed by atoms with E-state index in [1.54, 1.807) is 18.2 Å². The number of thiocarbonyl (C=S) groups is 1. The molecule has 1 saturated heterocycles. The third-order valence-electron chi connectivity index (χ3n) is 3.89. The van der Waals surface area contributed by atoms with E-state index in [9.17, 15) is 13.2 Å². The van der Waals surface area contributed by atoms with Crippen molar-refractivity contribution in [3.8, 4) is 0 Å². The number of sulfonamides is 1. The minimum Gasteiger partial charge on any atom is -0.267 e. The van der Waals surface area contributed by atoms with Crippen LogP contribution in [-0.4, -0.2) is 23.7 Å². The lowest BCUT2D eigenvalue weighted by Gasteiger charge is -2.16. The summed E-state index contributed by atoms with van der Waals surface area (Å²) in [6, 6.07) is 16.0. The van der Waals surface area contributed by atoms with Crippen LogP contribution < -0.4 is 4.83 Å². The molecule has 2 aromatic rings. The average Bonchev–Trinajstić information content (AvgIpc) is 2.90. The smallest absolute Gasteiger partial charge is 0.267 e. The molecule has 2 aromatic carbocycles. The average molecular weight is 431 g/mol. The lowest BCUT2D eigenvalue weighted by molar-refractivity contribution is -0.123. The lowest BCUT2D eigenvalue weighted by Crippen LogP contribution is -2.44. The van der Waals surface area contributed by atoms with Gasteiger partial charge in [-0.25, -0.2) is 13.4 Å². The van der Waals surface area contributed by atoms with E-state index in [1.807, 2.05) is 50.3 Å². The molecule has 0 aromatic heterocycles. The van der Waals surface area contributed by atoms with Crippen LogP contribution in [0.1, 0.15) is 18.1 Å². The largest absolute Gasteiger partial charge is 0.281 e. The summed E-state index contributed by atoms with van der Waals surface area (Å²) in [5.41, 5.74) is 2.80. The van der Waals surface area contributed by atoms with Crippen LogP contribution in [0.15, 0.2) is 76.0 Å². The van der Waals surface area contributed by atoms with Crippen molar-refractivity contribution in [2.75, 3.05) is 0 Å². The number of benzene rings is 2. The van der Waals surface area contributed by atoms with Gasteiger partial charge in [0.25, 0.3) is 15.9 Å². The molecular formula is C20H18N2O3S3. The van der Waals surface area contributed by atoms with E-state index in [2.05, 4.69) is 4.83 Å². The van der Waals surface area contributed by atoms with Gasteiger partial charge < -0.3 is 0 Å². The molecule has 0 unspecified atom stereocenters. The number of rotatable bonds is 5. The number of nitrogens with zero attached hydrogens (tertiary/aromatic N) is 1. The Morgan fingerprint density at radius 3 is 2.39 bits per heavy atom. The number of aryl methyl sites for hydroxylation is 1. The maximum atomic E-state index is 12.7. The molecule has 5 nitrogen and oxygen atoms in total. The normalized spacial score (nSPS) is 16.9. The van der Waals surface area contributed by atoms with Gasteiger partial charge in [0.15, 0.2) is 4.32 Å². The molecule has 0 spiro atoms. The van der Waals surface area contributed by atoms with Crippen molar-refractivity contribution in [2.24, 2.45) is 0 Å². The fourth-order valence-corrected chi connectivity index (χ4v) is 4.86. The van der Waals surface area contributed by atoms with Crippen LogP contribution >= 0.6 is 24.0 Å². The Morgan fingerprint density at radius 1 is 1.11 bits per heavy atom. The second-order valence-corrected chi connectivity index (χ2v) is 9.56. The molecule has 0 bridgehead atoms. The van der Waals surface area contributed by atoms with E-state index in [1.165, 1.54) is 12.1 Å². The summed E-state index contributed by atoms with van der Waals surface area (Å²) in [5, 5.41) is 0.900. The van der Waals surface area contributed by atoms with Crippen LogP contribution in [-0.2, 0) is 14.8 Å². The van der Waals surface area contributed by atoms with Crippen LogP contribution in [0.5, 0.6) is 0 Å². The maximum absolute atomic E-state index is 12.7. The standard InChI is InChI=1S/C20H18N2O3S3/c1-14-8-10-17(11-9-14)28(24,25)21-22-19(23)18(27-20(22)26)13-15(2)12-16-6-4-3-5-7-16/h3-13,21H,1-2H3/b15-12-,18-13+. The molecule has 28 heavy (non-hydrogen) atoms. The summed E-state index contributed by atoms with van der Waals surface area (Å²) in [6.45, 7) is 3.73. The highest BCUT2D eigenvalue weighted by Crippen LogP contribution is 2.31. The van der Waals surface area contributed by atoms with Crippen LogP contribution in [0.3, 0.4) is 0 Å². The summed E-state index contributed by atoms with van der Waals surface area (Å²) in [5.74, 6) is -0.494. The highest BCUT2D eigenvalue weighted by Gasteiger charge is 2.35. The first-order valence-corrected chi connectivity index (χ1v) is 11.1. The second-order valence-electron chi connectivity index (χ2n) is 6.22. The van der Waals surface area contributed by atoms with Crippen molar-refractivity contribution in [3.63, 3.8) is 0 Å². The van der Waals surface area contributed by atoms with Gasteiger partial charge in [-0.2, -0.15) is 0 Å². The van der Waals surface area contributed by atoms with E-state index >= 15 is 0 Å². The van der Waals surface area contributed by atoms with Gasteiger partial charge in [0.05, 0.1) is 9.80 Å². The van der Waals surface area contributed by atoms with Gasteiger partial charge in [-0.15, -0.1) is 4.83 Å². The van der Waals surface area contributed by atoms with E-state index in [-0.39, 0.29) is 9.22 Å². The van der Waals surface area contributed by atoms with Crippen molar-refractivity contribution in [1.82, 2.24) is 9.84 Å². The third kappa shape index (κ3) is 4.77. The lowest BCUT2D eigenvalue weighted by atomic mass is 10.1. The summed E-state index contributed by atoms with van der Waals surface area (Å²) in [6.07, 6.45) is 3.63. The van der Waals surface area contributed by atoms with Crippen molar-refractivity contribution in [3.05, 3.63) is 82.3 Å². The first kappa shape index (κ1) is 20.5. The molecule has 3 rings (SSSR count). The Morgan fingerprint density at radius 2 is 1.75 bits per heavy atom. The molecule has 1 aliphatic rings. The van der Waals surface area contributed by atoms with Crippen LogP contribution in [0.2, 0.25) is 0 Å². The molecular weight excluding hydrogens is 412 g/mol. The quantitative estimate of drug-likeness (QED) is 0.573. The van der Waals surface area contributed by atoms with E-state index in [4.69, 9.17) is 12.2 Å². The number of hydrogen-bond acceptors (Lipinski definition) is 5. The molecule has 0 aliphatic carbocycles. The number of hydrogen-bond donors (Lipinski definition) is 1. The van der Waals surface area contributed by atoms with Gasteiger partial charge in [0.2, 0.25) is 0 Å². The Balaban J connectivity index is 1.80. The van der Waals surface area contributed by atoms with Gasteiger partial charge in [0.1, 0.15) is 0 Å². The first-order valence-electron chi connectivity index (χ1n) is 8.37. The Bertz CT molecular complexity index is 1070. The van der Waals surface area contributed by atoms with Crippen molar-refractivity contribution < 1.29 is 13.2 Å². The maximum Gasteiger partial charge on any atom is 0.281 e. The summed E-state index contributed by atoms with van der Waals surface area (Å²) >= 11 is 6.26. The topological polar surface area (TPSA) is 66.5 Å². The molecule has 1 aliphatic heterocycles. The fourth-order valence-electron chi connectivity index (χ4n) is 2.50. The number of allylic oxidation sites excluding steroid dienone is 2. The monoisotopic (exact) mass is 430 g/mol. The molecule has 0 saturated carbocycles. The number of hydrazine groups is 1. The van der Waals surface area contributed by atoms with Crippen molar-refractivity contribution in [2.45, 2.75) is 18.7 Å². The van der Waals surface area contributed by atoms with E-state index in [0.717, 1.165) is 33.5 Å². The highest BCUT2D eigenvalue weighted by molar-refractivity contribution is 8.26. The SMILES string of the molecule is CC(=C/c1ccccc1)/C=C1/SC(=S)N(NS(=O)(=O)c2ccc(C)cc2)C1=O. The van der Waals surface area contributed by atoms with Gasteiger partial charge in [-0.1, -0.05) is 78.1 Å². The zero-order chi connectivity index (χ0) is 20.3. The highest BCUT2D eigenvalue weighted by atomic mass is 32.2. The zero-order valence-electron chi connectivity index (χ0n) is 15.2. The zero-order valence-corrected chi connectivity index (χ0v) is 17.7.